The molecule has 27 heavy (non-hydrogen) atoms. The van der Waals surface area contributed by atoms with E-state index >= 15 is 0 Å². The van der Waals surface area contributed by atoms with Crippen LogP contribution in [-0.2, 0) is 29.4 Å². The molecule has 2 saturated heterocycles. The number of hydrogen-bond donors (Lipinski definition) is 1. The molecule has 2 heterocycles. The van der Waals surface area contributed by atoms with Crippen LogP contribution in [0.2, 0.25) is 0 Å². The molecule has 10 nitrogen and oxygen atoms in total. The fourth-order valence-electron chi connectivity index (χ4n) is 2.82. The van der Waals surface area contributed by atoms with Gasteiger partial charge >= 0.3 is 18.1 Å². The molecule has 1 N–H and O–H groups in total. The summed E-state index contributed by atoms with van der Waals surface area (Å²) >= 11 is 0. The molecule has 2 aliphatic heterocycles. The topological polar surface area (TPSA) is 122 Å². The van der Waals surface area contributed by atoms with Crippen LogP contribution in [0, 0.1) is 0 Å². The van der Waals surface area contributed by atoms with Gasteiger partial charge in [-0.1, -0.05) is 30.3 Å². The van der Waals surface area contributed by atoms with Gasteiger partial charge in [-0.2, -0.15) is 0 Å². The minimum Gasteiger partial charge on any atom is -0.454 e. The Balaban J connectivity index is 1.59. The molecular weight excluding hydrogens is 358 g/mol. The monoisotopic (exact) mass is 375 g/mol. The predicted molar refractivity (Wildman–Crippen MR) is 88.1 cm³/mol. The summed E-state index contributed by atoms with van der Waals surface area (Å²) in [5.41, 5.74) is -0.727. The molecule has 2 aliphatic rings. The molecule has 0 unspecified atom stereocenters. The lowest BCUT2D eigenvalue weighted by Gasteiger charge is -2.21. The number of urea groups is 1. The molecule has 142 valence electrons. The zero-order valence-electron chi connectivity index (χ0n) is 14.5. The molecule has 0 saturated carbocycles. The highest BCUT2D eigenvalue weighted by molar-refractivity contribution is 6.08. The third kappa shape index (κ3) is 3.46. The van der Waals surface area contributed by atoms with Gasteiger partial charge in [-0.25, -0.2) is 14.5 Å². The van der Waals surface area contributed by atoms with Crippen molar-refractivity contribution in [1.29, 1.82) is 0 Å². The lowest BCUT2D eigenvalue weighted by Crippen LogP contribution is -2.42. The van der Waals surface area contributed by atoms with Crippen molar-refractivity contribution in [1.82, 2.24) is 15.1 Å². The SMILES string of the molecule is C[C@@]1(c2ccccc2)NC(=O)N(CC(=O)OCC(=O)N2CCOC2=O)C1=O. The van der Waals surface area contributed by atoms with Crippen LogP contribution in [0.25, 0.3) is 0 Å². The first-order valence-electron chi connectivity index (χ1n) is 8.15. The van der Waals surface area contributed by atoms with E-state index in [2.05, 4.69) is 10.1 Å². The molecule has 1 atom stereocenters. The zero-order chi connectivity index (χ0) is 19.6. The van der Waals surface area contributed by atoms with Crippen molar-refractivity contribution in [2.24, 2.45) is 0 Å². The maximum absolute atomic E-state index is 12.7. The van der Waals surface area contributed by atoms with Crippen LogP contribution in [-0.4, -0.2) is 66.0 Å². The molecule has 3 rings (SSSR count). The average molecular weight is 375 g/mol. The number of carbonyl (C=O) groups is 5. The van der Waals surface area contributed by atoms with E-state index in [1.807, 2.05) is 0 Å². The molecule has 2 fully saturated rings. The number of carbonyl (C=O) groups excluding carboxylic acids is 5. The Labute approximate surface area is 154 Å². The largest absolute Gasteiger partial charge is 0.454 e. The molecule has 1 aromatic carbocycles. The van der Waals surface area contributed by atoms with Crippen molar-refractivity contribution < 1.29 is 33.4 Å². The van der Waals surface area contributed by atoms with Crippen LogP contribution in [0.1, 0.15) is 12.5 Å². The minimum absolute atomic E-state index is 0.0810. The van der Waals surface area contributed by atoms with Crippen molar-refractivity contribution in [3.63, 3.8) is 0 Å². The predicted octanol–water partition coefficient (Wildman–Crippen LogP) is -0.0244. The van der Waals surface area contributed by atoms with Gasteiger partial charge in [0.05, 0.1) is 6.54 Å². The Morgan fingerprint density at radius 1 is 1.22 bits per heavy atom. The van der Waals surface area contributed by atoms with Crippen molar-refractivity contribution in [2.75, 3.05) is 26.3 Å². The molecule has 0 spiro atoms. The van der Waals surface area contributed by atoms with Crippen LogP contribution < -0.4 is 5.32 Å². The second-order valence-electron chi connectivity index (χ2n) is 6.13. The lowest BCUT2D eigenvalue weighted by molar-refractivity contribution is -0.152. The Kier molecular flexibility index (Phi) is 4.80. The van der Waals surface area contributed by atoms with E-state index in [0.717, 1.165) is 9.80 Å². The number of imide groups is 2. The summed E-state index contributed by atoms with van der Waals surface area (Å²) in [5, 5.41) is 2.56. The first kappa shape index (κ1) is 18.4. The number of esters is 1. The molecule has 0 aliphatic carbocycles. The number of nitrogens with zero attached hydrogens (tertiary/aromatic N) is 2. The Morgan fingerprint density at radius 3 is 2.56 bits per heavy atom. The highest BCUT2D eigenvalue weighted by Gasteiger charge is 2.49. The number of cyclic esters (lactones) is 1. The van der Waals surface area contributed by atoms with Gasteiger partial charge in [0.1, 0.15) is 18.7 Å². The number of benzene rings is 1. The van der Waals surface area contributed by atoms with Crippen LogP contribution in [0.4, 0.5) is 9.59 Å². The summed E-state index contributed by atoms with van der Waals surface area (Å²) in [6, 6.07) is 7.87. The zero-order valence-corrected chi connectivity index (χ0v) is 14.5. The fourth-order valence-corrected chi connectivity index (χ4v) is 2.82. The molecule has 1 aromatic rings. The minimum atomic E-state index is -1.30. The molecular formula is C17H17N3O7. The van der Waals surface area contributed by atoms with E-state index < -0.39 is 48.6 Å². The lowest BCUT2D eigenvalue weighted by atomic mass is 9.92. The second-order valence-corrected chi connectivity index (χ2v) is 6.13. The summed E-state index contributed by atoms with van der Waals surface area (Å²) in [7, 11) is 0. The van der Waals surface area contributed by atoms with Gasteiger partial charge in [0.25, 0.3) is 11.8 Å². The van der Waals surface area contributed by atoms with E-state index in [9.17, 15) is 24.0 Å². The number of rotatable bonds is 5. The molecule has 0 aromatic heterocycles. The van der Waals surface area contributed by atoms with Crippen LogP contribution in [0.3, 0.4) is 0 Å². The van der Waals surface area contributed by atoms with Crippen LogP contribution in [0.15, 0.2) is 30.3 Å². The summed E-state index contributed by atoms with van der Waals surface area (Å²) < 4.78 is 9.40. The van der Waals surface area contributed by atoms with Crippen molar-refractivity contribution in [2.45, 2.75) is 12.5 Å². The number of amides is 5. The summed E-state index contributed by atoms with van der Waals surface area (Å²) in [6.07, 6.45) is -0.802. The van der Waals surface area contributed by atoms with Crippen molar-refractivity contribution >= 4 is 29.9 Å². The van der Waals surface area contributed by atoms with Gasteiger partial charge in [-0.3, -0.25) is 19.3 Å². The standard InChI is InChI=1S/C17H17N3O7/c1-17(11-5-3-2-4-6-11)14(23)20(15(24)18-17)9-13(22)27-10-12(21)19-7-8-26-16(19)25/h2-6H,7-10H2,1H3,(H,18,24)/t17-/m0/s1. The molecule has 5 amide bonds. The second kappa shape index (κ2) is 7.06. The first-order chi connectivity index (χ1) is 12.8. The summed E-state index contributed by atoms with van der Waals surface area (Å²) in [4.78, 5) is 61.4. The quantitative estimate of drug-likeness (QED) is 0.567. The maximum Gasteiger partial charge on any atom is 0.416 e. The highest BCUT2D eigenvalue weighted by atomic mass is 16.6. The number of ether oxygens (including phenoxy) is 2. The van der Waals surface area contributed by atoms with E-state index in [1.54, 1.807) is 30.3 Å². The van der Waals surface area contributed by atoms with E-state index in [1.165, 1.54) is 6.92 Å². The molecule has 0 bridgehead atoms. The summed E-state index contributed by atoms with van der Waals surface area (Å²) in [5.74, 6) is -2.29. The van der Waals surface area contributed by atoms with Gasteiger partial charge in [-0.15, -0.1) is 0 Å². The Hall–Kier alpha value is -3.43. The highest BCUT2D eigenvalue weighted by Crippen LogP contribution is 2.28. The van der Waals surface area contributed by atoms with Crippen LogP contribution in [0.5, 0.6) is 0 Å². The van der Waals surface area contributed by atoms with E-state index in [0.29, 0.717) is 5.56 Å². The molecule has 10 heteroatoms. The first-order valence-corrected chi connectivity index (χ1v) is 8.15. The Morgan fingerprint density at radius 2 is 1.93 bits per heavy atom. The van der Waals surface area contributed by atoms with Gasteiger partial charge in [0.15, 0.2) is 6.61 Å². The van der Waals surface area contributed by atoms with Gasteiger partial charge in [0.2, 0.25) is 0 Å². The average Bonchev–Trinajstić information content (AvgIpc) is 3.18. The Bertz CT molecular complexity index is 810. The maximum atomic E-state index is 12.7. The van der Waals surface area contributed by atoms with E-state index in [4.69, 9.17) is 4.74 Å². The fraction of sp³-hybridized carbons (Fsp3) is 0.353. The number of nitrogens with one attached hydrogen (secondary N) is 1. The van der Waals surface area contributed by atoms with Gasteiger partial charge in [-0.05, 0) is 12.5 Å². The van der Waals surface area contributed by atoms with Crippen LogP contribution >= 0.6 is 0 Å². The normalized spacial score (nSPS) is 21.9. The van der Waals surface area contributed by atoms with Gasteiger partial charge < -0.3 is 14.8 Å². The third-order valence-corrected chi connectivity index (χ3v) is 4.33. The third-order valence-electron chi connectivity index (χ3n) is 4.33. The number of hydrogen-bond acceptors (Lipinski definition) is 7. The van der Waals surface area contributed by atoms with E-state index in [-0.39, 0.29) is 13.2 Å². The van der Waals surface area contributed by atoms with Crippen molar-refractivity contribution in [3.05, 3.63) is 35.9 Å². The smallest absolute Gasteiger partial charge is 0.416 e. The summed E-state index contributed by atoms with van der Waals surface area (Å²) in [6.45, 7) is 0.367. The van der Waals surface area contributed by atoms with Gasteiger partial charge in [0, 0.05) is 0 Å². The van der Waals surface area contributed by atoms with Crippen molar-refractivity contribution in [3.8, 4) is 0 Å². The molecule has 0 radical (unpaired) electrons.